The van der Waals surface area contributed by atoms with Gasteiger partial charge in [0.05, 0.1) is 5.69 Å². The summed E-state index contributed by atoms with van der Waals surface area (Å²) in [6.45, 7) is 12.5. The SMILES string of the molecule is CC1CN(C)CCN1c1nc(CNC(C)(C)C)co1. The average Bonchev–Trinajstić information content (AvgIpc) is 2.74. The zero-order valence-corrected chi connectivity index (χ0v) is 12.7. The van der Waals surface area contributed by atoms with Crippen LogP contribution in [0.3, 0.4) is 0 Å². The van der Waals surface area contributed by atoms with Crippen LogP contribution in [0.1, 0.15) is 33.4 Å². The molecule has 0 spiro atoms. The van der Waals surface area contributed by atoms with Crippen LogP contribution in [-0.4, -0.2) is 48.1 Å². The van der Waals surface area contributed by atoms with E-state index in [2.05, 4.69) is 54.8 Å². The Kier molecular flexibility index (Phi) is 4.16. The summed E-state index contributed by atoms with van der Waals surface area (Å²) < 4.78 is 5.63. The normalized spacial score (nSPS) is 21.9. The molecule has 0 bridgehead atoms. The Morgan fingerprint density at radius 3 is 2.79 bits per heavy atom. The van der Waals surface area contributed by atoms with Crippen LogP contribution < -0.4 is 10.2 Å². The molecule has 1 atom stereocenters. The van der Waals surface area contributed by atoms with Crippen LogP contribution >= 0.6 is 0 Å². The summed E-state index contributed by atoms with van der Waals surface area (Å²) in [5.74, 6) is 0. The van der Waals surface area contributed by atoms with Gasteiger partial charge in [-0.05, 0) is 34.7 Å². The lowest BCUT2D eigenvalue weighted by Gasteiger charge is -2.37. The summed E-state index contributed by atoms with van der Waals surface area (Å²) in [7, 11) is 2.15. The van der Waals surface area contributed by atoms with Crippen molar-refractivity contribution in [3.63, 3.8) is 0 Å². The quantitative estimate of drug-likeness (QED) is 0.902. The number of oxazole rings is 1. The fourth-order valence-corrected chi connectivity index (χ4v) is 2.29. The van der Waals surface area contributed by atoms with Gasteiger partial charge in [0.2, 0.25) is 0 Å². The smallest absolute Gasteiger partial charge is 0.297 e. The topological polar surface area (TPSA) is 44.5 Å². The molecule has 1 saturated heterocycles. The molecule has 1 fully saturated rings. The van der Waals surface area contributed by atoms with E-state index in [-0.39, 0.29) is 5.54 Å². The zero-order valence-electron chi connectivity index (χ0n) is 12.7. The monoisotopic (exact) mass is 266 g/mol. The van der Waals surface area contributed by atoms with Gasteiger partial charge in [-0.1, -0.05) is 0 Å². The van der Waals surface area contributed by atoms with Crippen LogP contribution in [0, 0.1) is 0 Å². The van der Waals surface area contributed by atoms with Crippen LogP contribution in [-0.2, 0) is 6.54 Å². The van der Waals surface area contributed by atoms with Gasteiger partial charge in [0.1, 0.15) is 6.26 Å². The highest BCUT2D eigenvalue weighted by molar-refractivity contribution is 5.30. The number of anilines is 1. The molecule has 0 radical (unpaired) electrons. The molecule has 19 heavy (non-hydrogen) atoms. The Bertz CT molecular complexity index is 410. The van der Waals surface area contributed by atoms with Gasteiger partial charge in [-0.15, -0.1) is 0 Å². The molecule has 108 valence electrons. The zero-order chi connectivity index (χ0) is 14.0. The van der Waals surface area contributed by atoms with E-state index in [0.29, 0.717) is 6.04 Å². The minimum Gasteiger partial charge on any atom is -0.432 e. The third-order valence-corrected chi connectivity index (χ3v) is 3.42. The number of hydrogen-bond donors (Lipinski definition) is 1. The van der Waals surface area contributed by atoms with Gasteiger partial charge >= 0.3 is 0 Å². The van der Waals surface area contributed by atoms with Crippen molar-refractivity contribution in [1.29, 1.82) is 0 Å². The Balaban J connectivity index is 1.97. The molecule has 1 unspecified atom stereocenters. The minimum absolute atomic E-state index is 0.0975. The molecule has 0 saturated carbocycles. The molecular weight excluding hydrogens is 240 g/mol. The molecule has 2 heterocycles. The molecular formula is C14H26N4O. The highest BCUT2D eigenvalue weighted by atomic mass is 16.4. The summed E-state index contributed by atoms with van der Waals surface area (Å²) in [5.41, 5.74) is 1.07. The van der Waals surface area contributed by atoms with Crippen molar-refractivity contribution in [3.8, 4) is 0 Å². The largest absolute Gasteiger partial charge is 0.432 e. The first-order chi connectivity index (χ1) is 8.85. The summed E-state index contributed by atoms with van der Waals surface area (Å²) in [5, 5.41) is 3.42. The van der Waals surface area contributed by atoms with Crippen LogP contribution in [0.15, 0.2) is 10.7 Å². The second kappa shape index (κ2) is 5.51. The highest BCUT2D eigenvalue weighted by Gasteiger charge is 2.25. The number of aromatic nitrogens is 1. The number of rotatable bonds is 3. The second-order valence-electron chi connectivity index (χ2n) is 6.53. The van der Waals surface area contributed by atoms with Gasteiger partial charge in [0.25, 0.3) is 6.01 Å². The Morgan fingerprint density at radius 2 is 2.16 bits per heavy atom. The van der Waals surface area contributed by atoms with Crippen molar-refractivity contribution >= 4 is 6.01 Å². The summed E-state index contributed by atoms with van der Waals surface area (Å²) in [6, 6.07) is 1.20. The molecule has 0 aliphatic carbocycles. The van der Waals surface area contributed by atoms with Gasteiger partial charge in [-0.2, -0.15) is 4.98 Å². The van der Waals surface area contributed by atoms with E-state index in [1.165, 1.54) is 0 Å². The van der Waals surface area contributed by atoms with Crippen molar-refractivity contribution < 1.29 is 4.42 Å². The van der Waals surface area contributed by atoms with Gasteiger partial charge in [-0.25, -0.2) is 0 Å². The van der Waals surface area contributed by atoms with E-state index in [0.717, 1.165) is 37.9 Å². The van der Waals surface area contributed by atoms with Crippen molar-refractivity contribution in [2.24, 2.45) is 0 Å². The third kappa shape index (κ3) is 3.94. The molecule has 1 aliphatic heterocycles. The second-order valence-corrected chi connectivity index (χ2v) is 6.53. The number of nitrogens with one attached hydrogen (secondary N) is 1. The lowest BCUT2D eigenvalue weighted by Crippen LogP contribution is -2.50. The van der Waals surface area contributed by atoms with Crippen LogP contribution in [0.25, 0.3) is 0 Å². The predicted molar refractivity (Wildman–Crippen MR) is 77.4 cm³/mol. The maximum absolute atomic E-state index is 5.63. The maximum Gasteiger partial charge on any atom is 0.297 e. The van der Waals surface area contributed by atoms with E-state index in [4.69, 9.17) is 4.42 Å². The standard InChI is InChI=1S/C14H26N4O/c1-11-9-17(5)6-7-18(11)13-16-12(10-19-13)8-15-14(2,3)4/h10-11,15H,6-9H2,1-5H3. The summed E-state index contributed by atoms with van der Waals surface area (Å²) in [6.07, 6.45) is 1.76. The molecule has 1 aliphatic rings. The summed E-state index contributed by atoms with van der Waals surface area (Å²) >= 11 is 0. The van der Waals surface area contributed by atoms with Gasteiger partial charge in [0, 0.05) is 37.8 Å². The van der Waals surface area contributed by atoms with Gasteiger partial charge in [-0.3, -0.25) is 0 Å². The average molecular weight is 266 g/mol. The number of nitrogens with zero attached hydrogens (tertiary/aromatic N) is 3. The van der Waals surface area contributed by atoms with E-state index >= 15 is 0 Å². The Labute approximate surface area is 116 Å². The van der Waals surface area contributed by atoms with E-state index in [1.54, 1.807) is 6.26 Å². The Morgan fingerprint density at radius 1 is 1.42 bits per heavy atom. The number of piperazine rings is 1. The van der Waals surface area contributed by atoms with Crippen molar-refractivity contribution in [2.45, 2.75) is 45.8 Å². The van der Waals surface area contributed by atoms with Gasteiger partial charge < -0.3 is 19.5 Å². The first-order valence-electron chi connectivity index (χ1n) is 7.00. The molecule has 5 nitrogen and oxygen atoms in total. The molecule has 0 aromatic carbocycles. The van der Waals surface area contributed by atoms with Crippen molar-refractivity contribution in [3.05, 3.63) is 12.0 Å². The third-order valence-electron chi connectivity index (χ3n) is 3.42. The predicted octanol–water partition coefficient (Wildman–Crippen LogP) is 1.70. The maximum atomic E-state index is 5.63. The van der Waals surface area contributed by atoms with Gasteiger partial charge in [0.15, 0.2) is 0 Å². The minimum atomic E-state index is 0.0975. The molecule has 1 N–H and O–H groups in total. The highest BCUT2D eigenvalue weighted by Crippen LogP contribution is 2.19. The van der Waals surface area contributed by atoms with Crippen LogP contribution in [0.4, 0.5) is 6.01 Å². The number of hydrogen-bond acceptors (Lipinski definition) is 5. The van der Waals surface area contributed by atoms with Crippen molar-refractivity contribution in [1.82, 2.24) is 15.2 Å². The molecule has 5 heteroatoms. The first-order valence-corrected chi connectivity index (χ1v) is 7.00. The number of likely N-dealkylation sites (N-methyl/N-ethyl adjacent to an activating group) is 1. The molecule has 2 rings (SSSR count). The first kappa shape index (κ1) is 14.3. The fourth-order valence-electron chi connectivity index (χ4n) is 2.29. The molecule has 1 aromatic rings. The Hall–Kier alpha value is -1.07. The molecule has 1 aromatic heterocycles. The van der Waals surface area contributed by atoms with E-state index < -0.39 is 0 Å². The van der Waals surface area contributed by atoms with Crippen LogP contribution in [0.5, 0.6) is 0 Å². The van der Waals surface area contributed by atoms with E-state index in [9.17, 15) is 0 Å². The lowest BCUT2D eigenvalue weighted by molar-refractivity contribution is 0.267. The summed E-state index contributed by atoms with van der Waals surface area (Å²) in [4.78, 5) is 9.18. The van der Waals surface area contributed by atoms with E-state index in [1.807, 2.05) is 0 Å². The fraction of sp³-hybridized carbons (Fsp3) is 0.786. The lowest BCUT2D eigenvalue weighted by atomic mass is 10.1. The molecule has 0 amide bonds. The van der Waals surface area contributed by atoms with Crippen molar-refractivity contribution in [2.75, 3.05) is 31.6 Å². The van der Waals surface area contributed by atoms with Crippen LogP contribution in [0.2, 0.25) is 0 Å².